The first kappa shape index (κ1) is 24.2. The van der Waals surface area contributed by atoms with E-state index < -0.39 is 17.8 Å². The van der Waals surface area contributed by atoms with E-state index in [1.807, 2.05) is 0 Å². The van der Waals surface area contributed by atoms with E-state index in [4.69, 9.17) is 14.2 Å². The van der Waals surface area contributed by atoms with Gasteiger partial charge < -0.3 is 24.4 Å². The number of halogens is 1. The van der Waals surface area contributed by atoms with Gasteiger partial charge >= 0.3 is 12.0 Å². The number of ether oxygens (including phenoxy) is 3. The molecule has 2 aliphatic rings. The summed E-state index contributed by atoms with van der Waals surface area (Å²) >= 11 is 0.898. The van der Waals surface area contributed by atoms with Crippen LogP contribution in [0.4, 0.5) is 14.2 Å². The molecule has 11 heteroatoms. The molecule has 0 saturated carbocycles. The first-order valence-electron chi connectivity index (χ1n) is 11.3. The minimum absolute atomic E-state index is 0.00390. The molecule has 1 saturated heterocycles. The normalized spacial score (nSPS) is 16.0. The Morgan fingerprint density at radius 2 is 2.12 bits per heavy atom. The number of esters is 1. The van der Waals surface area contributed by atoms with Crippen LogP contribution >= 0.6 is 11.5 Å². The van der Waals surface area contributed by atoms with Gasteiger partial charge in [-0.25, -0.2) is 14.0 Å². The monoisotopic (exact) mass is 492 g/mol. The topological polar surface area (TPSA) is 102 Å². The Kier molecular flexibility index (Phi) is 7.84. The van der Waals surface area contributed by atoms with Crippen molar-refractivity contribution in [3.63, 3.8) is 0 Å². The zero-order valence-corrected chi connectivity index (χ0v) is 20.1. The maximum absolute atomic E-state index is 14.7. The molecule has 1 fully saturated rings. The summed E-state index contributed by atoms with van der Waals surface area (Å²) in [7, 11) is 3.34. The third-order valence-corrected chi connectivity index (χ3v) is 6.94. The van der Waals surface area contributed by atoms with Gasteiger partial charge in [-0.2, -0.15) is 4.37 Å². The zero-order chi connectivity index (χ0) is 24.1. The van der Waals surface area contributed by atoms with E-state index in [0.717, 1.165) is 49.4 Å². The average Bonchev–Trinajstić information content (AvgIpc) is 3.47. The Morgan fingerprint density at radius 3 is 2.88 bits per heavy atom. The van der Waals surface area contributed by atoms with E-state index in [1.165, 1.54) is 7.11 Å². The van der Waals surface area contributed by atoms with E-state index in [1.54, 1.807) is 12.1 Å². The Labute approximate surface area is 201 Å². The molecule has 2 aromatic rings. The maximum Gasteiger partial charge on any atom is 0.346 e. The summed E-state index contributed by atoms with van der Waals surface area (Å²) in [5.74, 6) is -0.378. The highest BCUT2D eigenvalue weighted by Crippen LogP contribution is 2.34. The molecular weight excluding hydrogens is 463 g/mol. The first-order chi connectivity index (χ1) is 16.5. The third-order valence-electron chi connectivity index (χ3n) is 6.19. The van der Waals surface area contributed by atoms with Crippen LogP contribution in [-0.2, 0) is 17.8 Å². The molecular formula is C23H29FN4O5S. The van der Waals surface area contributed by atoms with E-state index in [-0.39, 0.29) is 34.4 Å². The molecule has 0 atom stereocenters. The number of likely N-dealkylation sites (tertiary alicyclic amines) is 1. The van der Waals surface area contributed by atoms with Crippen LogP contribution in [0.1, 0.15) is 40.7 Å². The van der Waals surface area contributed by atoms with Crippen LogP contribution in [0.2, 0.25) is 0 Å². The lowest BCUT2D eigenvalue weighted by molar-refractivity contribution is 0.0596. The summed E-state index contributed by atoms with van der Waals surface area (Å²) < 4.78 is 34.6. The lowest BCUT2D eigenvalue weighted by Crippen LogP contribution is -2.34. The molecule has 34 heavy (non-hydrogen) atoms. The molecule has 0 spiro atoms. The van der Waals surface area contributed by atoms with Crippen molar-refractivity contribution in [2.45, 2.75) is 32.3 Å². The zero-order valence-electron chi connectivity index (χ0n) is 19.3. The summed E-state index contributed by atoms with van der Waals surface area (Å²) in [5.41, 5.74) is 1.10. The van der Waals surface area contributed by atoms with Crippen molar-refractivity contribution >= 4 is 28.5 Å². The van der Waals surface area contributed by atoms with E-state index in [2.05, 4.69) is 27.0 Å². The van der Waals surface area contributed by atoms with Crippen molar-refractivity contribution in [2.24, 2.45) is 5.92 Å². The van der Waals surface area contributed by atoms with Crippen LogP contribution in [0.5, 0.6) is 11.6 Å². The minimum Gasteiger partial charge on any atom is -0.490 e. The van der Waals surface area contributed by atoms with Gasteiger partial charge in [-0.3, -0.25) is 5.32 Å². The molecule has 9 nitrogen and oxygen atoms in total. The van der Waals surface area contributed by atoms with Gasteiger partial charge in [0, 0.05) is 24.1 Å². The molecule has 1 aromatic carbocycles. The highest BCUT2D eigenvalue weighted by molar-refractivity contribution is 7.11. The van der Waals surface area contributed by atoms with Gasteiger partial charge in [0.1, 0.15) is 11.6 Å². The SMILES string of the molecule is COC(=O)c1c(OCc2ccc3c(c2F)OCC3)nsc1NC(=O)NCCC1CCN(C)CC1. The van der Waals surface area contributed by atoms with Crippen molar-refractivity contribution in [3.8, 4) is 11.6 Å². The number of urea groups is 1. The van der Waals surface area contributed by atoms with Crippen LogP contribution in [0.15, 0.2) is 12.1 Å². The Balaban J connectivity index is 1.35. The first-order valence-corrected chi connectivity index (χ1v) is 12.1. The van der Waals surface area contributed by atoms with Crippen LogP contribution in [0, 0.1) is 11.7 Å². The summed E-state index contributed by atoms with van der Waals surface area (Å²) in [6, 6.07) is 2.99. The third kappa shape index (κ3) is 5.58. The highest BCUT2D eigenvalue weighted by Gasteiger charge is 2.26. The number of hydrogen-bond donors (Lipinski definition) is 2. The smallest absolute Gasteiger partial charge is 0.346 e. The fourth-order valence-corrected chi connectivity index (χ4v) is 4.86. The predicted octanol–water partition coefficient (Wildman–Crippen LogP) is 3.44. The van der Waals surface area contributed by atoms with Crippen LogP contribution in [-0.4, -0.2) is 61.7 Å². The van der Waals surface area contributed by atoms with Crippen molar-refractivity contribution in [1.29, 1.82) is 0 Å². The minimum atomic E-state index is -0.705. The highest BCUT2D eigenvalue weighted by atomic mass is 32.1. The number of methoxy groups -OCH3 is 1. The number of piperidine rings is 1. The number of benzene rings is 1. The molecule has 0 unspecified atom stereocenters. The standard InChI is InChI=1S/C23H29FN4O5S/c1-28-10-6-14(7-11-28)5-9-25-23(30)26-21-17(22(29)31-2)20(27-34-21)33-13-16-4-3-15-8-12-32-19(15)18(16)24/h3-4,14H,5-13H2,1-2H3,(H2,25,26,30). The van der Waals surface area contributed by atoms with Gasteiger partial charge in [-0.05, 0) is 56.9 Å². The molecule has 1 aromatic heterocycles. The fourth-order valence-electron chi connectivity index (χ4n) is 4.14. The number of amides is 2. The number of anilines is 1. The molecule has 3 heterocycles. The van der Waals surface area contributed by atoms with E-state index in [9.17, 15) is 14.0 Å². The second kappa shape index (κ2) is 11.0. The number of nitrogens with one attached hydrogen (secondary N) is 2. The van der Waals surface area contributed by atoms with Gasteiger partial charge in [0.15, 0.2) is 17.1 Å². The molecule has 0 radical (unpaired) electrons. The lowest BCUT2D eigenvalue weighted by atomic mass is 9.94. The second-order valence-corrected chi connectivity index (χ2v) is 9.29. The quantitative estimate of drug-likeness (QED) is 0.545. The van der Waals surface area contributed by atoms with Crippen LogP contribution in [0.25, 0.3) is 0 Å². The van der Waals surface area contributed by atoms with Crippen molar-refractivity contribution < 1.29 is 28.2 Å². The van der Waals surface area contributed by atoms with Crippen LogP contribution in [0.3, 0.4) is 0 Å². The molecule has 2 aliphatic heterocycles. The number of carbonyl (C=O) groups is 2. The molecule has 2 amide bonds. The number of aromatic nitrogens is 1. The number of rotatable bonds is 8. The van der Waals surface area contributed by atoms with Crippen molar-refractivity contribution in [3.05, 3.63) is 34.6 Å². The van der Waals surface area contributed by atoms with Gasteiger partial charge in [0.05, 0.1) is 13.7 Å². The summed E-state index contributed by atoms with van der Waals surface area (Å²) in [5, 5.41) is 5.69. The molecule has 0 bridgehead atoms. The Morgan fingerprint density at radius 1 is 1.32 bits per heavy atom. The van der Waals surface area contributed by atoms with Gasteiger partial charge in [-0.15, -0.1) is 0 Å². The summed E-state index contributed by atoms with van der Waals surface area (Å²) in [4.78, 5) is 27.1. The molecule has 2 N–H and O–H groups in total. The van der Waals surface area contributed by atoms with Crippen molar-refractivity contribution in [1.82, 2.24) is 14.6 Å². The largest absolute Gasteiger partial charge is 0.490 e. The van der Waals surface area contributed by atoms with Crippen molar-refractivity contribution in [2.75, 3.05) is 45.7 Å². The van der Waals surface area contributed by atoms with Crippen LogP contribution < -0.4 is 20.1 Å². The predicted molar refractivity (Wildman–Crippen MR) is 125 cm³/mol. The Bertz CT molecular complexity index is 1040. The van der Waals surface area contributed by atoms with Gasteiger partial charge in [-0.1, -0.05) is 12.1 Å². The number of hydrogen-bond acceptors (Lipinski definition) is 8. The van der Waals surface area contributed by atoms with Gasteiger partial charge in [0.25, 0.3) is 0 Å². The van der Waals surface area contributed by atoms with E-state index >= 15 is 0 Å². The molecule has 0 aliphatic carbocycles. The lowest BCUT2D eigenvalue weighted by Gasteiger charge is -2.28. The second-order valence-electron chi connectivity index (χ2n) is 8.51. The molecule has 4 rings (SSSR count). The number of fused-ring (bicyclic) bond motifs is 1. The summed E-state index contributed by atoms with van der Waals surface area (Å²) in [6.45, 7) is 2.98. The number of nitrogens with zero attached hydrogens (tertiary/aromatic N) is 2. The Hall–Kier alpha value is -2.92. The summed E-state index contributed by atoms with van der Waals surface area (Å²) in [6.07, 6.45) is 3.82. The fraction of sp³-hybridized carbons (Fsp3) is 0.522. The average molecular weight is 493 g/mol. The maximum atomic E-state index is 14.7. The molecule has 184 valence electrons. The van der Waals surface area contributed by atoms with E-state index in [0.29, 0.717) is 25.5 Å². The van der Waals surface area contributed by atoms with Gasteiger partial charge in [0.2, 0.25) is 5.88 Å². The number of carbonyl (C=O) groups excluding carboxylic acids is 2.